The van der Waals surface area contributed by atoms with Crippen LogP contribution >= 0.6 is 11.6 Å². The van der Waals surface area contributed by atoms with Crippen LogP contribution in [0.5, 0.6) is 5.75 Å². The Hall–Kier alpha value is -3.22. The second-order valence-corrected chi connectivity index (χ2v) is 9.61. The van der Waals surface area contributed by atoms with E-state index >= 15 is 0 Å². The Bertz CT molecular complexity index is 1230. The van der Waals surface area contributed by atoms with Crippen LogP contribution in [0.25, 0.3) is 0 Å². The first kappa shape index (κ1) is 29.0. The summed E-state index contributed by atoms with van der Waals surface area (Å²) in [5, 5.41) is 9.82. The number of benzene rings is 3. The van der Waals surface area contributed by atoms with Gasteiger partial charge in [0.05, 0.1) is 0 Å². The highest BCUT2D eigenvalue weighted by molar-refractivity contribution is 6.31. The standard InChI is InChI=1S/C14H19NO.C9H11Cl.C9H8O/c1-4-14(16)12-7-8-13-11(9-12)6-5-10(2)15(13)3;1-3-8-4-5-9(10)7(2)6-8;1-3-8-4-5-9(10)6-7(8)2/h7-10H,4-6H2,1-3H3;4-6H,3H2,1-2H3;1,4-6,10H,2H3. The fourth-order valence-corrected chi connectivity index (χ4v) is 4.16. The molecule has 1 N–H and O–H groups in total. The zero-order valence-corrected chi connectivity index (χ0v) is 23.1. The molecule has 3 aromatic carbocycles. The average molecular weight is 504 g/mol. The van der Waals surface area contributed by atoms with E-state index in [0.29, 0.717) is 12.5 Å². The van der Waals surface area contributed by atoms with Gasteiger partial charge < -0.3 is 10.0 Å². The first-order valence-corrected chi connectivity index (χ1v) is 12.9. The van der Waals surface area contributed by atoms with Crippen LogP contribution in [0.15, 0.2) is 54.6 Å². The van der Waals surface area contributed by atoms with Crippen molar-refractivity contribution in [3.05, 3.63) is 93.0 Å². The molecule has 0 bridgehead atoms. The van der Waals surface area contributed by atoms with Gasteiger partial charge in [0.1, 0.15) is 5.75 Å². The third-order valence-corrected chi connectivity index (χ3v) is 7.02. The quantitative estimate of drug-likeness (QED) is 0.291. The van der Waals surface area contributed by atoms with Crippen molar-refractivity contribution >= 4 is 23.1 Å². The molecule has 0 amide bonds. The van der Waals surface area contributed by atoms with Gasteiger partial charge in [-0.1, -0.05) is 43.5 Å². The van der Waals surface area contributed by atoms with Crippen molar-refractivity contribution < 1.29 is 9.90 Å². The number of halogens is 1. The fourth-order valence-electron chi connectivity index (χ4n) is 4.04. The van der Waals surface area contributed by atoms with E-state index in [0.717, 1.165) is 34.6 Å². The lowest BCUT2D eigenvalue weighted by Crippen LogP contribution is -2.33. The van der Waals surface area contributed by atoms with Crippen LogP contribution in [0.4, 0.5) is 5.69 Å². The first-order valence-electron chi connectivity index (χ1n) is 12.5. The van der Waals surface area contributed by atoms with Crippen LogP contribution in [0.2, 0.25) is 5.02 Å². The molecule has 1 heterocycles. The molecule has 4 rings (SSSR count). The number of aromatic hydroxyl groups is 1. The molecule has 1 unspecified atom stereocenters. The monoisotopic (exact) mass is 503 g/mol. The summed E-state index contributed by atoms with van der Waals surface area (Å²) in [4.78, 5) is 13.9. The minimum atomic E-state index is 0.240. The molecule has 0 spiro atoms. The molecule has 0 fully saturated rings. The Balaban J connectivity index is 0.000000200. The van der Waals surface area contributed by atoms with Crippen LogP contribution in [-0.4, -0.2) is 24.0 Å². The number of hydrogen-bond acceptors (Lipinski definition) is 3. The lowest BCUT2D eigenvalue weighted by Gasteiger charge is -2.34. The van der Waals surface area contributed by atoms with Crippen LogP contribution < -0.4 is 4.90 Å². The highest BCUT2D eigenvalue weighted by Crippen LogP contribution is 2.30. The summed E-state index contributed by atoms with van der Waals surface area (Å²) in [6.07, 6.45) is 9.10. The predicted molar refractivity (Wildman–Crippen MR) is 154 cm³/mol. The predicted octanol–water partition coefficient (Wildman–Crippen LogP) is 7.94. The number of carbonyl (C=O) groups is 1. The third kappa shape index (κ3) is 7.90. The molecule has 0 saturated heterocycles. The molecule has 4 heteroatoms. The molecule has 0 aromatic heterocycles. The second-order valence-electron chi connectivity index (χ2n) is 9.20. The normalized spacial score (nSPS) is 13.8. The van der Waals surface area contributed by atoms with E-state index in [-0.39, 0.29) is 11.5 Å². The van der Waals surface area contributed by atoms with Gasteiger partial charge in [0, 0.05) is 41.3 Å². The number of terminal acetylenes is 1. The fraction of sp³-hybridized carbons (Fsp3) is 0.344. The van der Waals surface area contributed by atoms with Crippen LogP contribution in [0, 0.1) is 26.2 Å². The minimum Gasteiger partial charge on any atom is -0.508 e. The van der Waals surface area contributed by atoms with Crippen molar-refractivity contribution in [3.63, 3.8) is 0 Å². The molecule has 1 atom stereocenters. The Morgan fingerprint density at radius 3 is 2.39 bits per heavy atom. The number of nitrogens with zero attached hydrogens (tertiary/aromatic N) is 1. The summed E-state index contributed by atoms with van der Waals surface area (Å²) in [6.45, 7) is 10.2. The second kappa shape index (κ2) is 13.8. The maximum atomic E-state index is 11.6. The summed E-state index contributed by atoms with van der Waals surface area (Å²) in [6, 6.07) is 17.8. The molecular formula is C32H38ClNO2. The molecule has 3 aromatic rings. The molecule has 0 radical (unpaired) electrons. The largest absolute Gasteiger partial charge is 0.508 e. The Labute approximate surface area is 222 Å². The smallest absolute Gasteiger partial charge is 0.162 e. The highest BCUT2D eigenvalue weighted by atomic mass is 35.5. The van der Waals surface area contributed by atoms with Gasteiger partial charge in [-0.15, -0.1) is 6.42 Å². The summed E-state index contributed by atoms with van der Waals surface area (Å²) in [7, 11) is 2.13. The van der Waals surface area contributed by atoms with Crippen LogP contribution in [0.1, 0.15) is 71.8 Å². The highest BCUT2D eigenvalue weighted by Gasteiger charge is 2.20. The van der Waals surface area contributed by atoms with Gasteiger partial charge >= 0.3 is 0 Å². The van der Waals surface area contributed by atoms with Gasteiger partial charge in [0.15, 0.2) is 5.78 Å². The van der Waals surface area contributed by atoms with Crippen molar-refractivity contribution in [1.29, 1.82) is 0 Å². The molecule has 36 heavy (non-hydrogen) atoms. The molecule has 0 saturated carbocycles. The number of fused-ring (bicyclic) bond motifs is 1. The van der Waals surface area contributed by atoms with Gasteiger partial charge in [-0.3, -0.25) is 4.79 Å². The number of ketones is 1. The summed E-state index contributed by atoms with van der Waals surface area (Å²) in [5.41, 5.74) is 7.75. The summed E-state index contributed by atoms with van der Waals surface area (Å²) >= 11 is 5.84. The molecule has 0 aliphatic carbocycles. The maximum absolute atomic E-state index is 11.6. The molecule has 1 aliphatic heterocycles. The van der Waals surface area contributed by atoms with Crippen molar-refractivity contribution in [1.82, 2.24) is 0 Å². The van der Waals surface area contributed by atoms with Gasteiger partial charge in [-0.05, 0) is 105 Å². The van der Waals surface area contributed by atoms with Gasteiger partial charge in [0.25, 0.3) is 0 Å². The maximum Gasteiger partial charge on any atom is 0.162 e. The summed E-state index contributed by atoms with van der Waals surface area (Å²) < 4.78 is 0. The lowest BCUT2D eigenvalue weighted by atomic mass is 9.94. The number of carbonyl (C=O) groups excluding carboxylic acids is 1. The van der Waals surface area contributed by atoms with Gasteiger partial charge in [-0.25, -0.2) is 0 Å². The number of anilines is 1. The Kier molecular flexibility index (Phi) is 11.1. The molecule has 1 aliphatic rings. The Morgan fingerprint density at radius 2 is 1.81 bits per heavy atom. The van der Waals surface area contributed by atoms with E-state index in [9.17, 15) is 4.79 Å². The topological polar surface area (TPSA) is 40.5 Å². The molecule has 3 nitrogen and oxygen atoms in total. The zero-order valence-electron chi connectivity index (χ0n) is 22.4. The molecular weight excluding hydrogens is 466 g/mol. The SMILES string of the molecule is C#Cc1ccc(O)cc1C.CCC(=O)c1ccc2c(c1)CCC(C)N2C.CCc1ccc(Cl)c(C)c1. The van der Waals surface area contributed by atoms with Crippen LogP contribution in [-0.2, 0) is 12.8 Å². The van der Waals surface area contributed by atoms with Crippen molar-refractivity contribution in [2.24, 2.45) is 0 Å². The van der Waals surface area contributed by atoms with E-state index < -0.39 is 0 Å². The summed E-state index contributed by atoms with van der Waals surface area (Å²) in [5.74, 6) is 3.01. The number of rotatable bonds is 3. The minimum absolute atomic E-state index is 0.240. The van der Waals surface area contributed by atoms with E-state index in [1.165, 1.54) is 28.8 Å². The van der Waals surface area contributed by atoms with E-state index in [1.807, 2.05) is 32.9 Å². The number of phenols is 1. The van der Waals surface area contributed by atoms with E-state index in [4.69, 9.17) is 23.1 Å². The van der Waals surface area contributed by atoms with E-state index in [1.54, 1.807) is 18.2 Å². The van der Waals surface area contributed by atoms with Crippen molar-refractivity contribution in [2.75, 3.05) is 11.9 Å². The van der Waals surface area contributed by atoms with Gasteiger partial charge in [-0.2, -0.15) is 0 Å². The lowest BCUT2D eigenvalue weighted by molar-refractivity contribution is 0.0988. The third-order valence-electron chi connectivity index (χ3n) is 6.59. The Morgan fingerprint density at radius 1 is 1.08 bits per heavy atom. The zero-order chi connectivity index (χ0) is 26.8. The van der Waals surface area contributed by atoms with E-state index in [2.05, 4.69) is 56.0 Å². The number of Topliss-reactive ketones (excluding diaryl/α,β-unsaturated/α-hetero) is 1. The molecule has 190 valence electrons. The first-order chi connectivity index (χ1) is 17.1. The number of phenolic OH excluding ortho intramolecular Hbond substituents is 1. The van der Waals surface area contributed by atoms with Crippen LogP contribution in [0.3, 0.4) is 0 Å². The van der Waals surface area contributed by atoms with Gasteiger partial charge in [0.2, 0.25) is 0 Å². The number of hydrogen-bond donors (Lipinski definition) is 1. The average Bonchev–Trinajstić information content (AvgIpc) is 2.88. The number of aryl methyl sites for hydroxylation is 4. The van der Waals surface area contributed by atoms with Crippen molar-refractivity contribution in [2.45, 2.75) is 66.3 Å². The van der Waals surface area contributed by atoms with Crippen molar-refractivity contribution in [3.8, 4) is 18.1 Å².